The lowest BCUT2D eigenvalue weighted by Crippen LogP contribution is -2.69. The smallest absolute Gasteiger partial charge is 0.245 e. The summed E-state index contributed by atoms with van der Waals surface area (Å²) in [5.41, 5.74) is 2.96. The molecular formula is C42H47F2N13O4. The molecule has 6 bridgehead atoms. The van der Waals surface area contributed by atoms with Crippen molar-refractivity contribution >= 4 is 45.7 Å². The molecule has 19 heteroatoms. The van der Waals surface area contributed by atoms with Crippen molar-refractivity contribution in [3.05, 3.63) is 66.3 Å². The number of phenols is 1. The van der Waals surface area contributed by atoms with E-state index in [-0.39, 0.29) is 42.0 Å². The summed E-state index contributed by atoms with van der Waals surface area (Å²) in [6.45, 7) is 8.25. The zero-order chi connectivity index (χ0) is 42.1. The minimum absolute atomic E-state index is 0.139. The number of methoxy groups -OCH3 is 1. The van der Waals surface area contributed by atoms with Crippen molar-refractivity contribution in [3.63, 3.8) is 0 Å². The van der Waals surface area contributed by atoms with Gasteiger partial charge in [0.15, 0.2) is 5.65 Å². The van der Waals surface area contributed by atoms with Crippen molar-refractivity contribution in [1.29, 1.82) is 0 Å². The van der Waals surface area contributed by atoms with Crippen molar-refractivity contribution in [1.82, 2.24) is 49.1 Å². The number of aromatic nitrogens is 8. The Morgan fingerprint density at radius 3 is 2.59 bits per heavy atom. The van der Waals surface area contributed by atoms with Gasteiger partial charge >= 0.3 is 0 Å². The summed E-state index contributed by atoms with van der Waals surface area (Å²) in [5, 5.41) is 19.6. The molecule has 0 aliphatic carbocycles. The van der Waals surface area contributed by atoms with Gasteiger partial charge in [0.05, 0.1) is 47.6 Å². The van der Waals surface area contributed by atoms with E-state index in [0.717, 1.165) is 37.6 Å². The zero-order valence-corrected chi connectivity index (χ0v) is 34.4. The molecule has 6 aromatic rings. The number of likely N-dealkylation sites (tertiary alicyclic amines) is 1. The SMILES string of the molecule is CCO[C@H]1CN(C)C(=O)[C@@H]2C[C@@H](CN2c2nc(N3C4CC3CN(CCOC)C4)nc3c2cnn3-c2ccc(F)cc2O)Nc2nccc(n2)-c2cc(F)cc3nc(C)n(c23)C1. The number of piperidine rings is 1. The predicted molar refractivity (Wildman–Crippen MR) is 223 cm³/mol. The number of carbonyl (C=O) groups excluding carboxylic acids is 1. The molecule has 0 spiro atoms. The topological polar surface area (TPSA) is 168 Å². The number of phenolic OH excluding ortho intramolecular Hbond substituents is 1. The number of hydrogen-bond acceptors (Lipinski definition) is 14. The third-order valence-corrected chi connectivity index (χ3v) is 12.4. The molecule has 17 nitrogen and oxygen atoms in total. The lowest BCUT2D eigenvalue weighted by molar-refractivity contribution is -0.133. The van der Waals surface area contributed by atoms with Gasteiger partial charge in [-0.15, -0.1) is 0 Å². The van der Waals surface area contributed by atoms with Gasteiger partial charge in [0, 0.05) is 95.5 Å². The number of hydrogen-bond donors (Lipinski definition) is 2. The van der Waals surface area contributed by atoms with Crippen LogP contribution in [-0.4, -0.2) is 150 Å². The Balaban J connectivity index is 1.09. The van der Waals surface area contributed by atoms with Crippen LogP contribution >= 0.6 is 0 Å². The van der Waals surface area contributed by atoms with Crippen molar-refractivity contribution in [3.8, 4) is 22.7 Å². The van der Waals surface area contributed by atoms with Crippen LogP contribution in [0.2, 0.25) is 0 Å². The molecule has 4 aromatic heterocycles. The summed E-state index contributed by atoms with van der Waals surface area (Å²) in [4.78, 5) is 47.8. The molecule has 4 aliphatic heterocycles. The van der Waals surface area contributed by atoms with Crippen LogP contribution in [0.25, 0.3) is 39.0 Å². The fraction of sp³-hybridized carbons (Fsp3) is 0.452. The number of nitrogens with zero attached hydrogens (tertiary/aromatic N) is 12. The molecule has 2 N–H and O–H groups in total. The Hall–Kier alpha value is -6.05. The summed E-state index contributed by atoms with van der Waals surface area (Å²) < 4.78 is 44.6. The number of anilines is 3. The Kier molecular flexibility index (Phi) is 9.90. The molecule has 2 aromatic carbocycles. The Morgan fingerprint density at radius 2 is 1.80 bits per heavy atom. The molecule has 4 aliphatic rings. The molecule has 3 fully saturated rings. The number of halogens is 2. The Morgan fingerprint density at radius 1 is 0.967 bits per heavy atom. The number of piperazine rings is 1. The number of imidazole rings is 1. The summed E-state index contributed by atoms with van der Waals surface area (Å²) in [6, 6.07) is 7.70. The van der Waals surface area contributed by atoms with E-state index < -0.39 is 23.8 Å². The molecule has 1 amide bonds. The Labute approximate surface area is 349 Å². The number of benzene rings is 2. The highest BCUT2D eigenvalue weighted by atomic mass is 19.1. The van der Waals surface area contributed by atoms with Gasteiger partial charge in [0.25, 0.3) is 0 Å². The molecular weight excluding hydrogens is 789 g/mol. The number of nitrogens with one attached hydrogen (secondary N) is 1. The summed E-state index contributed by atoms with van der Waals surface area (Å²) in [7, 11) is 3.49. The van der Waals surface area contributed by atoms with Crippen molar-refractivity contribution in [2.24, 2.45) is 0 Å². The number of fused-ring (bicyclic) bond motifs is 8. The number of aryl methyl sites for hydroxylation is 1. The van der Waals surface area contributed by atoms with Gasteiger partial charge in [-0.25, -0.2) is 28.4 Å². The van der Waals surface area contributed by atoms with E-state index in [1.54, 1.807) is 37.5 Å². The van der Waals surface area contributed by atoms with Crippen LogP contribution in [0.15, 0.2) is 48.8 Å². The predicted octanol–water partition coefficient (Wildman–Crippen LogP) is 3.76. The fourth-order valence-electron chi connectivity index (χ4n) is 9.69. The van der Waals surface area contributed by atoms with Crippen LogP contribution in [-0.2, 0) is 20.8 Å². The van der Waals surface area contributed by atoms with Gasteiger partial charge < -0.3 is 39.2 Å². The van der Waals surface area contributed by atoms with Crippen LogP contribution in [0.3, 0.4) is 0 Å². The number of likely N-dealkylation sites (N-methyl/N-ethyl adjacent to an activating group) is 1. The normalized spacial score (nSPS) is 23.0. The average molecular weight is 836 g/mol. The highest BCUT2D eigenvalue weighted by Crippen LogP contribution is 2.40. The van der Waals surface area contributed by atoms with Gasteiger partial charge in [0.1, 0.15) is 40.8 Å². The van der Waals surface area contributed by atoms with Crippen molar-refractivity contribution < 1.29 is 28.2 Å². The van der Waals surface area contributed by atoms with Gasteiger partial charge in [0.2, 0.25) is 17.8 Å². The second-order valence-electron chi connectivity index (χ2n) is 16.4. The zero-order valence-electron chi connectivity index (χ0n) is 34.4. The van der Waals surface area contributed by atoms with Gasteiger partial charge in [-0.05, 0) is 51.0 Å². The van der Waals surface area contributed by atoms with Crippen LogP contribution < -0.4 is 15.1 Å². The highest BCUT2D eigenvalue weighted by molar-refractivity contribution is 5.94. The minimum Gasteiger partial charge on any atom is -0.506 e. The highest BCUT2D eigenvalue weighted by Gasteiger charge is 2.47. The fourth-order valence-corrected chi connectivity index (χ4v) is 9.69. The summed E-state index contributed by atoms with van der Waals surface area (Å²) in [6.07, 6.45) is 4.19. The molecule has 318 valence electrons. The van der Waals surface area contributed by atoms with Crippen LogP contribution in [0, 0.1) is 18.6 Å². The first kappa shape index (κ1) is 39.1. The van der Waals surface area contributed by atoms with E-state index in [4.69, 9.17) is 29.4 Å². The third-order valence-electron chi connectivity index (χ3n) is 12.4. The first-order valence-electron chi connectivity index (χ1n) is 20.7. The second-order valence-corrected chi connectivity index (χ2v) is 16.4. The molecule has 61 heavy (non-hydrogen) atoms. The molecule has 0 radical (unpaired) electrons. The van der Waals surface area contributed by atoms with Crippen LogP contribution in [0.1, 0.15) is 25.6 Å². The number of ether oxygens (including phenoxy) is 2. The number of carbonyl (C=O) groups is 1. The molecule has 8 heterocycles. The van der Waals surface area contributed by atoms with Gasteiger partial charge in [-0.1, -0.05) is 0 Å². The molecule has 5 atom stereocenters. The van der Waals surface area contributed by atoms with E-state index in [0.29, 0.717) is 84.1 Å². The maximum Gasteiger partial charge on any atom is 0.245 e. The van der Waals surface area contributed by atoms with Gasteiger partial charge in [-0.3, -0.25) is 9.69 Å². The maximum atomic E-state index is 15.2. The summed E-state index contributed by atoms with van der Waals surface area (Å²) >= 11 is 0. The first-order valence-corrected chi connectivity index (χ1v) is 20.7. The largest absolute Gasteiger partial charge is 0.506 e. The van der Waals surface area contributed by atoms with Crippen molar-refractivity contribution in [2.75, 3.05) is 75.2 Å². The van der Waals surface area contributed by atoms with E-state index in [1.807, 2.05) is 23.3 Å². The number of aromatic hydroxyl groups is 1. The number of amides is 1. The van der Waals surface area contributed by atoms with E-state index in [1.165, 1.54) is 28.9 Å². The lowest BCUT2D eigenvalue weighted by Gasteiger charge is -2.56. The third kappa shape index (κ3) is 6.93. The maximum absolute atomic E-state index is 15.2. The standard InChI is InChI=1S/C42H47F2N13O4/c1-5-61-29-21-52(3)40(59)35-15-26(48-41-45-9-8-32(49-41)30-12-25(44)13-33-37(30)54(22-29)23(2)47-33)18-55(35)38-31-17-46-57(34-7-6-24(43)14-36(34)58)39(31)51-42(50-38)56-27-16-28(56)20-53(19-27)10-11-60-4/h6-9,12-14,17,26-29,35,58H,5,10-11,15-16,18-22H2,1-4H3,(H,45,48,49)/t26-,27?,28?,29-,35-/m0/s1. The monoisotopic (exact) mass is 835 g/mol. The second kappa shape index (κ2) is 15.4. The minimum atomic E-state index is -0.694. The average Bonchev–Trinajstić information content (AvgIpc) is 3.94. The first-order chi connectivity index (χ1) is 29.6. The Bertz CT molecular complexity index is 2650. The molecule has 2 unspecified atom stereocenters. The lowest BCUT2D eigenvalue weighted by atomic mass is 9.88. The van der Waals surface area contributed by atoms with E-state index in [2.05, 4.69) is 25.2 Å². The van der Waals surface area contributed by atoms with Gasteiger partial charge in [-0.2, -0.15) is 15.1 Å². The van der Waals surface area contributed by atoms with Crippen molar-refractivity contribution in [2.45, 2.75) is 63.5 Å². The van der Waals surface area contributed by atoms with Crippen LogP contribution in [0.5, 0.6) is 5.75 Å². The van der Waals surface area contributed by atoms with Crippen LogP contribution in [0.4, 0.5) is 26.5 Å². The summed E-state index contributed by atoms with van der Waals surface area (Å²) in [5.74, 6) is 0.536. The van der Waals surface area contributed by atoms with E-state index in [9.17, 15) is 14.3 Å². The molecule has 3 saturated heterocycles. The quantitative estimate of drug-likeness (QED) is 0.228. The molecule has 10 rings (SSSR count). The van der Waals surface area contributed by atoms with E-state index >= 15 is 4.39 Å². The molecule has 0 saturated carbocycles. The number of rotatable bonds is 8.